The fourth-order valence-electron chi connectivity index (χ4n) is 4.41. The SMILES string of the molecule is CCn1cc(-c2ccccc2[C@@H]2CN(C(=O)/C=C/CN(C)C)Cc3sc(C#N)cc32)c(C(F)(F)F)n1. The van der Waals surface area contributed by atoms with Gasteiger partial charge >= 0.3 is 6.18 Å². The van der Waals surface area contributed by atoms with Crippen LogP contribution in [0, 0.1) is 11.3 Å². The number of fused-ring (bicyclic) bond motifs is 1. The Kier molecular flexibility index (Phi) is 7.33. The number of hydrogen-bond acceptors (Lipinski definition) is 5. The second-order valence-electron chi connectivity index (χ2n) is 8.87. The number of alkyl halides is 3. The Bertz CT molecular complexity index is 1330. The number of aromatic nitrogens is 2. The monoisotopic (exact) mass is 513 g/mol. The van der Waals surface area contributed by atoms with E-state index in [0.717, 1.165) is 10.4 Å². The van der Waals surface area contributed by atoms with E-state index < -0.39 is 11.9 Å². The van der Waals surface area contributed by atoms with Crippen LogP contribution in [0.3, 0.4) is 0 Å². The molecule has 6 nitrogen and oxygen atoms in total. The molecule has 0 spiro atoms. The Labute approximate surface area is 211 Å². The topological polar surface area (TPSA) is 65.2 Å². The molecule has 0 bridgehead atoms. The number of nitriles is 1. The van der Waals surface area contributed by atoms with Gasteiger partial charge in [0.2, 0.25) is 5.91 Å². The zero-order valence-electron chi connectivity index (χ0n) is 20.2. The highest BCUT2D eigenvalue weighted by atomic mass is 32.1. The molecule has 36 heavy (non-hydrogen) atoms. The van der Waals surface area contributed by atoms with E-state index in [-0.39, 0.29) is 17.4 Å². The van der Waals surface area contributed by atoms with E-state index in [9.17, 15) is 23.2 Å². The van der Waals surface area contributed by atoms with Gasteiger partial charge in [0.25, 0.3) is 0 Å². The van der Waals surface area contributed by atoms with Crippen LogP contribution in [-0.4, -0.2) is 52.7 Å². The molecule has 3 heterocycles. The van der Waals surface area contributed by atoms with Crippen molar-refractivity contribution in [2.75, 3.05) is 27.2 Å². The third-order valence-corrected chi connectivity index (χ3v) is 7.13. The van der Waals surface area contributed by atoms with Gasteiger partial charge in [0.15, 0.2) is 5.69 Å². The lowest BCUT2D eigenvalue weighted by atomic mass is 9.83. The second-order valence-corrected chi connectivity index (χ2v) is 10.0. The van der Waals surface area contributed by atoms with E-state index in [4.69, 9.17) is 0 Å². The fourth-order valence-corrected chi connectivity index (χ4v) is 5.45. The maximum Gasteiger partial charge on any atom is 0.435 e. The van der Waals surface area contributed by atoms with E-state index in [1.165, 1.54) is 28.3 Å². The van der Waals surface area contributed by atoms with Crippen LogP contribution >= 0.6 is 11.3 Å². The van der Waals surface area contributed by atoms with Crippen molar-refractivity contribution < 1.29 is 18.0 Å². The summed E-state index contributed by atoms with van der Waals surface area (Å²) in [6.45, 7) is 3.29. The number of rotatable bonds is 6. The average Bonchev–Trinajstić information content (AvgIpc) is 3.47. The molecule has 1 atom stereocenters. The number of benzene rings is 1. The molecular weight excluding hydrogens is 487 g/mol. The number of hydrogen-bond donors (Lipinski definition) is 0. The zero-order chi connectivity index (χ0) is 26.0. The molecule has 0 radical (unpaired) electrons. The number of likely N-dealkylation sites (N-methyl/N-ethyl adjacent to an activating group) is 1. The summed E-state index contributed by atoms with van der Waals surface area (Å²) in [4.78, 5) is 18.0. The molecule has 0 fully saturated rings. The highest BCUT2D eigenvalue weighted by molar-refractivity contribution is 7.12. The van der Waals surface area contributed by atoms with Crippen molar-refractivity contribution in [2.24, 2.45) is 0 Å². The average molecular weight is 514 g/mol. The second kappa shape index (κ2) is 10.3. The summed E-state index contributed by atoms with van der Waals surface area (Å²) in [6.07, 6.45) is 0.118. The van der Waals surface area contributed by atoms with Gasteiger partial charge in [0, 0.05) is 48.3 Å². The molecule has 0 unspecified atom stereocenters. The quantitative estimate of drug-likeness (QED) is 0.430. The molecular formula is C26H26F3N5OS. The maximum atomic E-state index is 13.9. The van der Waals surface area contributed by atoms with E-state index in [1.54, 1.807) is 48.2 Å². The highest BCUT2D eigenvalue weighted by Crippen LogP contribution is 2.44. The molecule has 1 amide bonds. The summed E-state index contributed by atoms with van der Waals surface area (Å²) in [5.74, 6) is -0.563. The third-order valence-electron chi connectivity index (χ3n) is 6.09. The predicted molar refractivity (Wildman–Crippen MR) is 132 cm³/mol. The number of halogens is 3. The van der Waals surface area contributed by atoms with Crippen molar-refractivity contribution in [2.45, 2.75) is 32.1 Å². The van der Waals surface area contributed by atoms with Crippen molar-refractivity contribution in [3.05, 3.63) is 75.3 Å². The van der Waals surface area contributed by atoms with Crippen LogP contribution in [0.1, 0.15) is 39.4 Å². The molecule has 0 saturated carbocycles. The standard InChI is InChI=1S/C26H26F3N5OS/c1-4-34-15-22(25(31-34)26(27,28)29)19-9-6-5-8-18(19)21-14-33(24(35)10-7-11-32(2)3)16-23-20(21)12-17(13-30)36-23/h5-10,12,15,21H,4,11,14,16H2,1-3H3/b10-7+/t21-/m0/s1. The van der Waals surface area contributed by atoms with Gasteiger partial charge in [-0.15, -0.1) is 11.3 Å². The van der Waals surface area contributed by atoms with Gasteiger partial charge in [0.1, 0.15) is 10.9 Å². The van der Waals surface area contributed by atoms with Gasteiger partial charge in [-0.2, -0.15) is 23.5 Å². The van der Waals surface area contributed by atoms with Crippen LogP contribution in [-0.2, 0) is 24.1 Å². The molecule has 4 rings (SSSR count). The number of nitrogens with zero attached hydrogens (tertiary/aromatic N) is 5. The molecule has 0 N–H and O–H groups in total. The number of amides is 1. The van der Waals surface area contributed by atoms with Crippen molar-refractivity contribution in [3.8, 4) is 17.2 Å². The van der Waals surface area contributed by atoms with Gasteiger partial charge in [-0.25, -0.2) is 0 Å². The first-order valence-corrected chi connectivity index (χ1v) is 12.3. The summed E-state index contributed by atoms with van der Waals surface area (Å²) in [6, 6.07) is 10.9. The lowest BCUT2D eigenvalue weighted by molar-refractivity contribution is -0.141. The Morgan fingerprint density at radius 3 is 2.69 bits per heavy atom. The number of aryl methyl sites for hydroxylation is 1. The van der Waals surface area contributed by atoms with Gasteiger partial charge in [0.05, 0.1) is 6.54 Å². The van der Waals surface area contributed by atoms with Crippen LogP contribution in [0.5, 0.6) is 0 Å². The summed E-state index contributed by atoms with van der Waals surface area (Å²) in [7, 11) is 3.81. The van der Waals surface area contributed by atoms with Crippen LogP contribution < -0.4 is 0 Å². The van der Waals surface area contributed by atoms with Crippen LogP contribution in [0.15, 0.2) is 48.7 Å². The molecule has 0 saturated heterocycles. The molecule has 1 aliphatic heterocycles. The van der Waals surface area contributed by atoms with Gasteiger partial charge < -0.3 is 9.80 Å². The van der Waals surface area contributed by atoms with Crippen molar-refractivity contribution in [1.82, 2.24) is 19.6 Å². The van der Waals surface area contributed by atoms with Crippen LogP contribution in [0.2, 0.25) is 0 Å². The predicted octanol–water partition coefficient (Wildman–Crippen LogP) is 5.11. The Morgan fingerprint density at radius 1 is 1.28 bits per heavy atom. The lowest BCUT2D eigenvalue weighted by Gasteiger charge is -2.33. The molecule has 0 aliphatic carbocycles. The van der Waals surface area contributed by atoms with Crippen molar-refractivity contribution in [1.29, 1.82) is 5.26 Å². The molecule has 10 heteroatoms. The van der Waals surface area contributed by atoms with Gasteiger partial charge in [-0.3, -0.25) is 9.48 Å². The normalized spacial score (nSPS) is 15.9. The third kappa shape index (κ3) is 5.22. The minimum Gasteiger partial charge on any atom is -0.333 e. The largest absolute Gasteiger partial charge is 0.435 e. The van der Waals surface area contributed by atoms with Crippen molar-refractivity contribution >= 4 is 17.2 Å². The maximum absolute atomic E-state index is 13.9. The molecule has 1 aromatic carbocycles. The summed E-state index contributed by atoms with van der Waals surface area (Å²) < 4.78 is 43.0. The highest BCUT2D eigenvalue weighted by Gasteiger charge is 2.39. The van der Waals surface area contributed by atoms with Crippen LogP contribution in [0.25, 0.3) is 11.1 Å². The number of carbonyl (C=O) groups is 1. The first kappa shape index (κ1) is 25.7. The van der Waals surface area contributed by atoms with E-state index in [0.29, 0.717) is 42.2 Å². The fraction of sp³-hybridized carbons (Fsp3) is 0.346. The van der Waals surface area contributed by atoms with Crippen LogP contribution in [0.4, 0.5) is 13.2 Å². The molecule has 2 aromatic heterocycles. The van der Waals surface area contributed by atoms with E-state index in [2.05, 4.69) is 11.2 Å². The Balaban J connectivity index is 1.81. The van der Waals surface area contributed by atoms with E-state index >= 15 is 0 Å². The van der Waals surface area contributed by atoms with E-state index in [1.807, 2.05) is 19.0 Å². The molecule has 3 aromatic rings. The first-order chi connectivity index (χ1) is 17.1. The summed E-state index contributed by atoms with van der Waals surface area (Å²) in [5, 5.41) is 13.3. The first-order valence-electron chi connectivity index (χ1n) is 11.5. The number of thiophene rings is 1. The molecule has 188 valence electrons. The minimum absolute atomic E-state index is 0.00608. The Morgan fingerprint density at radius 2 is 2.03 bits per heavy atom. The summed E-state index contributed by atoms with van der Waals surface area (Å²) >= 11 is 1.32. The lowest BCUT2D eigenvalue weighted by Crippen LogP contribution is -2.37. The van der Waals surface area contributed by atoms with Gasteiger partial charge in [-0.1, -0.05) is 30.3 Å². The smallest absolute Gasteiger partial charge is 0.333 e. The van der Waals surface area contributed by atoms with Gasteiger partial charge in [-0.05, 0) is 43.8 Å². The number of carbonyl (C=O) groups excluding carboxylic acids is 1. The molecule has 1 aliphatic rings. The minimum atomic E-state index is -4.61. The summed E-state index contributed by atoms with van der Waals surface area (Å²) in [5.41, 5.74) is 1.03. The Hall–Kier alpha value is -3.42. The zero-order valence-corrected chi connectivity index (χ0v) is 21.0. The van der Waals surface area contributed by atoms with Crippen molar-refractivity contribution in [3.63, 3.8) is 0 Å².